The van der Waals surface area contributed by atoms with E-state index in [0.717, 1.165) is 11.0 Å². The molecule has 2 N–H and O–H groups in total. The Hall–Kier alpha value is -1.85. The third-order valence-corrected chi connectivity index (χ3v) is 1.76. The maximum atomic E-state index is 11.0. The summed E-state index contributed by atoms with van der Waals surface area (Å²) in [5.74, 6) is -0.597. The van der Waals surface area contributed by atoms with Gasteiger partial charge in [0.15, 0.2) is 0 Å². The molecule has 0 atom stereocenters. The van der Waals surface area contributed by atoms with E-state index in [-0.39, 0.29) is 31.4 Å². The minimum Gasteiger partial charge on any atom is -0.351 e. The van der Waals surface area contributed by atoms with Gasteiger partial charge in [-0.3, -0.25) is 14.5 Å². The number of urea groups is 1. The van der Waals surface area contributed by atoms with E-state index >= 15 is 0 Å². The summed E-state index contributed by atoms with van der Waals surface area (Å²) in [5, 5.41) is 4.85. The predicted octanol–water partition coefficient (Wildman–Crippen LogP) is -1.16. The van der Waals surface area contributed by atoms with Crippen molar-refractivity contribution in [1.82, 2.24) is 15.5 Å². The summed E-state index contributed by atoms with van der Waals surface area (Å²) in [6.45, 7) is 3.73. The van der Waals surface area contributed by atoms with Gasteiger partial charge >= 0.3 is 6.03 Å². The van der Waals surface area contributed by atoms with Crippen LogP contribution in [0.3, 0.4) is 0 Å². The molecule has 0 saturated carbocycles. The zero-order valence-electron chi connectivity index (χ0n) is 7.58. The van der Waals surface area contributed by atoms with Gasteiger partial charge in [-0.05, 0) is 6.08 Å². The van der Waals surface area contributed by atoms with Gasteiger partial charge in [0.05, 0.1) is 6.54 Å². The van der Waals surface area contributed by atoms with Gasteiger partial charge in [0.2, 0.25) is 11.8 Å². The first-order valence-corrected chi connectivity index (χ1v) is 4.13. The van der Waals surface area contributed by atoms with Crippen molar-refractivity contribution in [2.45, 2.75) is 0 Å². The Bertz CT molecular complexity index is 272. The molecule has 1 heterocycles. The fraction of sp³-hybridized carbons (Fsp3) is 0.375. The number of nitrogens with one attached hydrogen (secondary N) is 2. The van der Waals surface area contributed by atoms with Crippen LogP contribution in [0, 0.1) is 0 Å². The van der Waals surface area contributed by atoms with Crippen molar-refractivity contribution in [2.24, 2.45) is 0 Å². The Labute approximate surface area is 80.9 Å². The quantitative estimate of drug-likeness (QED) is 0.441. The fourth-order valence-electron chi connectivity index (χ4n) is 1.04. The van der Waals surface area contributed by atoms with Gasteiger partial charge in [-0.2, -0.15) is 0 Å². The van der Waals surface area contributed by atoms with E-state index in [1.54, 1.807) is 0 Å². The van der Waals surface area contributed by atoms with Gasteiger partial charge in [0.1, 0.15) is 0 Å². The average molecular weight is 197 g/mol. The molecule has 0 bridgehead atoms. The number of amides is 4. The molecule has 0 radical (unpaired) electrons. The lowest BCUT2D eigenvalue weighted by molar-refractivity contribution is -0.125. The first kappa shape index (κ1) is 10.2. The number of carbonyl (C=O) groups is 3. The van der Waals surface area contributed by atoms with E-state index in [1.807, 2.05) is 0 Å². The van der Waals surface area contributed by atoms with Gasteiger partial charge in [0, 0.05) is 13.1 Å². The number of hydrogen-bond acceptors (Lipinski definition) is 3. The van der Waals surface area contributed by atoms with Crippen LogP contribution in [0.1, 0.15) is 0 Å². The normalized spacial score (nSPS) is 15.3. The molecule has 1 aliphatic rings. The number of imide groups is 1. The lowest BCUT2D eigenvalue weighted by Gasteiger charge is -2.11. The van der Waals surface area contributed by atoms with Crippen molar-refractivity contribution in [3.8, 4) is 0 Å². The van der Waals surface area contributed by atoms with Gasteiger partial charge in [-0.1, -0.05) is 6.58 Å². The molecule has 0 aromatic heterocycles. The van der Waals surface area contributed by atoms with E-state index in [4.69, 9.17) is 0 Å². The van der Waals surface area contributed by atoms with E-state index in [9.17, 15) is 14.4 Å². The molecule has 6 heteroatoms. The average Bonchev–Trinajstić information content (AvgIpc) is 2.48. The van der Waals surface area contributed by atoms with E-state index < -0.39 is 6.03 Å². The smallest absolute Gasteiger partial charge is 0.324 e. The third kappa shape index (κ3) is 2.32. The van der Waals surface area contributed by atoms with Crippen LogP contribution in [-0.4, -0.2) is 42.4 Å². The minimum atomic E-state index is -0.414. The monoisotopic (exact) mass is 197 g/mol. The third-order valence-electron chi connectivity index (χ3n) is 1.76. The van der Waals surface area contributed by atoms with Crippen molar-refractivity contribution in [3.05, 3.63) is 12.7 Å². The summed E-state index contributed by atoms with van der Waals surface area (Å²) in [5.41, 5.74) is 0. The van der Waals surface area contributed by atoms with E-state index in [1.165, 1.54) is 0 Å². The van der Waals surface area contributed by atoms with Crippen LogP contribution >= 0.6 is 0 Å². The molecule has 0 aromatic rings. The molecule has 0 spiro atoms. The van der Waals surface area contributed by atoms with Crippen molar-refractivity contribution >= 4 is 17.8 Å². The molecule has 0 aliphatic carbocycles. The Kier molecular flexibility index (Phi) is 3.22. The fourth-order valence-corrected chi connectivity index (χ4v) is 1.04. The number of nitrogens with zero attached hydrogens (tertiary/aromatic N) is 1. The van der Waals surface area contributed by atoms with Crippen molar-refractivity contribution in [2.75, 3.05) is 19.6 Å². The molecule has 1 fully saturated rings. The van der Waals surface area contributed by atoms with Crippen LogP contribution in [0.2, 0.25) is 0 Å². The molecule has 0 unspecified atom stereocenters. The molecule has 6 nitrogen and oxygen atoms in total. The summed E-state index contributed by atoms with van der Waals surface area (Å²) >= 11 is 0. The molecule has 1 aliphatic heterocycles. The highest BCUT2D eigenvalue weighted by molar-refractivity contribution is 6.01. The molecule has 4 amide bonds. The largest absolute Gasteiger partial charge is 0.351 e. The number of rotatable bonds is 4. The second-order valence-electron chi connectivity index (χ2n) is 2.70. The molecule has 0 aromatic carbocycles. The summed E-state index contributed by atoms with van der Waals surface area (Å²) in [6.07, 6.45) is 1.13. The first-order chi connectivity index (χ1) is 6.65. The van der Waals surface area contributed by atoms with Crippen molar-refractivity contribution in [1.29, 1.82) is 0 Å². The Morgan fingerprint density at radius 3 is 2.86 bits per heavy atom. The Balaban J connectivity index is 2.30. The maximum absolute atomic E-state index is 11.0. The second-order valence-corrected chi connectivity index (χ2v) is 2.70. The lowest BCUT2D eigenvalue weighted by atomic mass is 10.5. The predicted molar refractivity (Wildman–Crippen MR) is 48.3 cm³/mol. The van der Waals surface area contributed by atoms with E-state index in [0.29, 0.717) is 0 Å². The summed E-state index contributed by atoms with van der Waals surface area (Å²) in [4.78, 5) is 33.8. The highest BCUT2D eigenvalue weighted by Gasteiger charge is 2.27. The highest BCUT2D eigenvalue weighted by atomic mass is 16.2. The molecular formula is C8H11N3O3. The number of hydrogen-bond donors (Lipinski definition) is 2. The van der Waals surface area contributed by atoms with Crippen LogP contribution in [-0.2, 0) is 9.59 Å². The standard InChI is InChI=1S/C8H11N3O3/c1-2-6(12)9-3-4-11-7(13)5-10-8(11)14/h2H,1,3-5H2,(H,9,12)(H,10,14). The summed E-state index contributed by atoms with van der Waals surface area (Å²) in [7, 11) is 0. The van der Waals surface area contributed by atoms with Gasteiger partial charge in [-0.15, -0.1) is 0 Å². The molecule has 14 heavy (non-hydrogen) atoms. The lowest BCUT2D eigenvalue weighted by Crippen LogP contribution is -2.38. The van der Waals surface area contributed by atoms with Crippen LogP contribution < -0.4 is 10.6 Å². The SMILES string of the molecule is C=CC(=O)NCCN1C(=O)CNC1=O. The molecule has 1 saturated heterocycles. The zero-order valence-corrected chi connectivity index (χ0v) is 7.58. The van der Waals surface area contributed by atoms with Crippen LogP contribution in [0.15, 0.2) is 12.7 Å². The number of carbonyl (C=O) groups excluding carboxylic acids is 3. The summed E-state index contributed by atoms with van der Waals surface area (Å²) < 4.78 is 0. The minimum absolute atomic E-state index is 0.0360. The maximum Gasteiger partial charge on any atom is 0.324 e. The molecular weight excluding hydrogens is 186 g/mol. The summed E-state index contributed by atoms with van der Waals surface area (Å²) in [6, 6.07) is -0.414. The first-order valence-electron chi connectivity index (χ1n) is 4.13. The van der Waals surface area contributed by atoms with Crippen LogP contribution in [0.5, 0.6) is 0 Å². The van der Waals surface area contributed by atoms with Gasteiger partial charge < -0.3 is 10.6 Å². The highest BCUT2D eigenvalue weighted by Crippen LogP contribution is 1.96. The van der Waals surface area contributed by atoms with Gasteiger partial charge in [0.25, 0.3) is 0 Å². The van der Waals surface area contributed by atoms with Gasteiger partial charge in [-0.25, -0.2) is 4.79 Å². The second kappa shape index (κ2) is 4.40. The van der Waals surface area contributed by atoms with Crippen molar-refractivity contribution in [3.63, 3.8) is 0 Å². The van der Waals surface area contributed by atoms with E-state index in [2.05, 4.69) is 17.2 Å². The Morgan fingerprint density at radius 1 is 1.64 bits per heavy atom. The van der Waals surface area contributed by atoms with Crippen LogP contribution in [0.25, 0.3) is 0 Å². The molecule has 76 valence electrons. The Morgan fingerprint density at radius 2 is 2.36 bits per heavy atom. The topological polar surface area (TPSA) is 78.5 Å². The van der Waals surface area contributed by atoms with Crippen LogP contribution in [0.4, 0.5) is 4.79 Å². The molecule has 1 rings (SSSR count). The van der Waals surface area contributed by atoms with Crippen molar-refractivity contribution < 1.29 is 14.4 Å². The zero-order chi connectivity index (χ0) is 10.6.